The van der Waals surface area contributed by atoms with Crippen LogP contribution in [0, 0.1) is 20.8 Å². The average Bonchev–Trinajstić information content (AvgIpc) is 3.33. The van der Waals surface area contributed by atoms with Crippen molar-refractivity contribution < 1.29 is 25.3 Å². The molecule has 7 aromatic rings. The van der Waals surface area contributed by atoms with Gasteiger partial charge in [0.25, 0.3) is 0 Å². The minimum Gasteiger partial charge on any atom is -0.207 e. The minimum atomic E-state index is -4.01. The van der Waals surface area contributed by atoms with Crippen molar-refractivity contribution >= 4 is 61.9 Å². The van der Waals surface area contributed by atoms with Crippen molar-refractivity contribution in [2.75, 3.05) is 0 Å². The van der Waals surface area contributed by atoms with Gasteiger partial charge in [-0.3, -0.25) is 0 Å². The summed E-state index contributed by atoms with van der Waals surface area (Å²) in [5.74, 6) is 0. The SMILES string of the molecule is Cc1ccc(S(=O)(=O)N(Cc2ccc(CBr)cc2)Cc2ccc(CN(Cc3ccc(CN(Cc4ccc(CBr)cc4)S(=O)(=O)c4ccc(C)cc4)cc3)S(=O)(=O)c3ccc(C)cc3)cc2)cc1. The molecule has 0 fully saturated rings. The first-order chi connectivity index (χ1) is 32.0. The van der Waals surface area contributed by atoms with E-state index in [1.54, 1.807) is 72.8 Å². The number of aryl methyl sites for hydroxylation is 3. The van der Waals surface area contributed by atoms with Crippen molar-refractivity contribution in [1.29, 1.82) is 0 Å². The number of rotatable bonds is 20. The van der Waals surface area contributed by atoms with Gasteiger partial charge in [0.1, 0.15) is 0 Å². The Kier molecular flexibility index (Phi) is 16.5. The lowest BCUT2D eigenvalue weighted by Gasteiger charge is -2.25. The molecule has 0 aliphatic heterocycles. The van der Waals surface area contributed by atoms with Gasteiger partial charge in [-0.2, -0.15) is 12.9 Å². The first kappa shape index (κ1) is 50.1. The number of alkyl halides is 2. The molecule has 0 atom stereocenters. The monoisotopic (exact) mass is 1080 g/mol. The Bertz CT molecular complexity index is 2910. The molecule has 67 heavy (non-hydrogen) atoms. The number of halogens is 2. The van der Waals surface area contributed by atoms with Crippen LogP contribution in [0.15, 0.2) is 185 Å². The van der Waals surface area contributed by atoms with Gasteiger partial charge in [-0.1, -0.05) is 182 Å². The summed E-state index contributed by atoms with van der Waals surface area (Å²) in [4.78, 5) is 0.573. The van der Waals surface area contributed by atoms with E-state index in [1.807, 2.05) is 118 Å². The lowest BCUT2D eigenvalue weighted by molar-refractivity contribution is 0.397. The van der Waals surface area contributed by atoms with Crippen LogP contribution in [-0.4, -0.2) is 38.2 Å². The quantitative estimate of drug-likeness (QED) is 0.0703. The van der Waals surface area contributed by atoms with Crippen molar-refractivity contribution in [2.24, 2.45) is 0 Å². The van der Waals surface area contributed by atoms with Gasteiger partial charge in [-0.15, -0.1) is 0 Å². The van der Waals surface area contributed by atoms with Crippen LogP contribution >= 0.6 is 31.9 Å². The van der Waals surface area contributed by atoms with E-state index in [1.165, 1.54) is 12.9 Å². The van der Waals surface area contributed by atoms with Gasteiger partial charge in [0, 0.05) is 49.9 Å². The van der Waals surface area contributed by atoms with Crippen molar-refractivity contribution in [3.63, 3.8) is 0 Å². The number of hydrogen-bond donors (Lipinski definition) is 0. The molecule has 7 aromatic carbocycles. The Labute approximate surface area is 413 Å². The predicted octanol–water partition coefficient (Wildman–Crippen LogP) is 11.6. The van der Waals surface area contributed by atoms with Crippen LogP contribution in [0.5, 0.6) is 0 Å². The summed E-state index contributed by atoms with van der Waals surface area (Å²) in [5, 5.41) is 1.38. The van der Waals surface area contributed by atoms with Crippen LogP contribution in [0.1, 0.15) is 61.2 Å². The van der Waals surface area contributed by atoms with E-state index in [-0.39, 0.29) is 54.0 Å². The van der Waals surface area contributed by atoms with E-state index in [2.05, 4.69) is 31.9 Å². The highest BCUT2D eigenvalue weighted by Gasteiger charge is 2.28. The lowest BCUT2D eigenvalue weighted by atomic mass is 10.1. The molecule has 0 heterocycles. The summed E-state index contributed by atoms with van der Waals surface area (Å²) in [6.45, 7) is 6.33. The van der Waals surface area contributed by atoms with Crippen LogP contribution in [0.2, 0.25) is 0 Å². The average molecular weight is 1080 g/mol. The molecule has 0 spiro atoms. The molecule has 14 heteroatoms. The van der Waals surface area contributed by atoms with Gasteiger partial charge in [-0.05, 0) is 102 Å². The second-order valence-corrected chi connectivity index (χ2v) is 23.7. The van der Waals surface area contributed by atoms with Crippen LogP contribution in [0.3, 0.4) is 0 Å². The summed E-state index contributed by atoms with van der Waals surface area (Å²) < 4.78 is 89.7. The number of sulfonamides is 3. The Morgan fingerprint density at radius 1 is 0.284 bits per heavy atom. The molecule has 9 nitrogen and oxygen atoms in total. The molecule has 0 bridgehead atoms. The topological polar surface area (TPSA) is 112 Å². The van der Waals surface area contributed by atoms with Gasteiger partial charge in [0.05, 0.1) is 14.7 Å². The fraction of sp³-hybridized carbons (Fsp3) is 0.208. The second kappa shape index (κ2) is 22.1. The summed E-state index contributed by atoms with van der Waals surface area (Å²) in [6.07, 6.45) is 0. The number of hydrogen-bond acceptors (Lipinski definition) is 6. The third-order valence-corrected chi connectivity index (χ3v) is 18.2. The highest BCUT2D eigenvalue weighted by Crippen LogP contribution is 2.27. The molecule has 0 aromatic heterocycles. The molecule has 0 saturated carbocycles. The van der Waals surface area contributed by atoms with E-state index >= 15 is 0 Å². The molecule has 0 saturated heterocycles. The van der Waals surface area contributed by atoms with Gasteiger partial charge >= 0.3 is 0 Å². The van der Waals surface area contributed by atoms with Gasteiger partial charge < -0.3 is 0 Å². The van der Waals surface area contributed by atoms with Gasteiger partial charge in [-0.25, -0.2) is 25.3 Å². The molecule has 0 N–H and O–H groups in total. The number of benzene rings is 7. The maximum atomic E-state index is 14.4. The molecule has 0 amide bonds. The van der Waals surface area contributed by atoms with E-state index < -0.39 is 30.1 Å². The standard InChI is InChI=1S/C53H53Br2N3O6S3/c1-40-4-26-51(27-5-40)65(59,60)56(34-45-14-10-43(32-54)11-15-45)36-47-18-22-49(23-19-47)38-58(67(63,64)53-30-8-42(3)9-31-53)39-50-24-20-48(21-25-50)37-57(35-46-16-12-44(33-55)13-17-46)66(61,62)52-28-6-41(2)7-29-52/h4-31H,32-39H2,1-3H3. The smallest absolute Gasteiger partial charge is 0.207 e. The van der Waals surface area contributed by atoms with E-state index in [4.69, 9.17) is 0 Å². The van der Waals surface area contributed by atoms with E-state index in [0.29, 0.717) is 10.7 Å². The summed E-state index contributed by atoms with van der Waals surface area (Å²) in [6, 6.07) is 50.8. The highest BCUT2D eigenvalue weighted by atomic mass is 79.9. The second-order valence-electron chi connectivity index (χ2n) is 16.8. The van der Waals surface area contributed by atoms with Crippen LogP contribution in [0.25, 0.3) is 0 Å². The van der Waals surface area contributed by atoms with Crippen LogP contribution < -0.4 is 0 Å². The van der Waals surface area contributed by atoms with E-state index in [0.717, 1.165) is 61.2 Å². The zero-order chi connectivity index (χ0) is 47.8. The third-order valence-electron chi connectivity index (χ3n) is 11.5. The Hall–Kier alpha value is -4.77. The summed E-state index contributed by atoms with van der Waals surface area (Å²) in [5.41, 5.74) is 9.64. The third kappa shape index (κ3) is 12.9. The zero-order valence-corrected chi connectivity index (χ0v) is 43.2. The van der Waals surface area contributed by atoms with Crippen molar-refractivity contribution in [2.45, 2.75) is 85.4 Å². The van der Waals surface area contributed by atoms with Crippen molar-refractivity contribution in [3.05, 3.63) is 231 Å². The van der Waals surface area contributed by atoms with Crippen LogP contribution in [-0.2, 0) is 80.0 Å². The fourth-order valence-corrected chi connectivity index (χ4v) is 12.4. The highest BCUT2D eigenvalue weighted by molar-refractivity contribution is 9.08. The maximum Gasteiger partial charge on any atom is 0.243 e. The Balaban J connectivity index is 1.13. The molecular formula is C53H53Br2N3O6S3. The molecule has 0 radical (unpaired) electrons. The molecule has 0 unspecified atom stereocenters. The van der Waals surface area contributed by atoms with Crippen LogP contribution in [0.4, 0.5) is 0 Å². The minimum absolute atomic E-state index is 0.0416. The summed E-state index contributed by atoms with van der Waals surface area (Å²) in [7, 11) is -11.8. The Morgan fingerprint density at radius 2 is 0.448 bits per heavy atom. The van der Waals surface area contributed by atoms with Crippen molar-refractivity contribution in [3.8, 4) is 0 Å². The molecule has 348 valence electrons. The van der Waals surface area contributed by atoms with Gasteiger partial charge in [0.2, 0.25) is 30.1 Å². The number of nitrogens with zero attached hydrogens (tertiary/aromatic N) is 3. The lowest BCUT2D eigenvalue weighted by Crippen LogP contribution is -2.31. The van der Waals surface area contributed by atoms with Gasteiger partial charge in [0.15, 0.2) is 0 Å². The first-order valence-corrected chi connectivity index (χ1v) is 28.2. The molecule has 0 aliphatic carbocycles. The molecule has 7 rings (SSSR count). The maximum absolute atomic E-state index is 14.4. The largest absolute Gasteiger partial charge is 0.243 e. The molecule has 0 aliphatic rings. The van der Waals surface area contributed by atoms with E-state index in [9.17, 15) is 25.3 Å². The first-order valence-electron chi connectivity index (χ1n) is 21.7. The zero-order valence-electron chi connectivity index (χ0n) is 37.6. The predicted molar refractivity (Wildman–Crippen MR) is 274 cm³/mol. The normalized spacial score (nSPS) is 12.3. The fourth-order valence-electron chi connectivity index (χ4n) is 7.45. The summed E-state index contributed by atoms with van der Waals surface area (Å²) >= 11 is 6.96. The van der Waals surface area contributed by atoms with Crippen molar-refractivity contribution in [1.82, 2.24) is 12.9 Å². The Morgan fingerprint density at radius 3 is 0.612 bits per heavy atom. The molecular weight excluding hydrogens is 1030 g/mol.